The third kappa shape index (κ3) is 28.4. The third-order valence-corrected chi connectivity index (χ3v) is 6.45. The largest absolute Gasteiger partial charge is 0.481 e. The summed E-state index contributed by atoms with van der Waals surface area (Å²) in [5, 5.41) is 17.6. The Morgan fingerprint density at radius 1 is 0.618 bits per heavy atom. The van der Waals surface area contributed by atoms with Crippen molar-refractivity contribution in [1.29, 1.82) is 0 Å². The van der Waals surface area contributed by atoms with Crippen molar-refractivity contribution in [2.45, 2.75) is 88.7 Å². The van der Waals surface area contributed by atoms with Gasteiger partial charge in [-0.1, -0.05) is 67.2 Å². The fraction of sp³-hybridized carbons (Fsp3) is 0.571. The number of thioether (sulfide) groups is 1. The molecule has 0 aromatic rings. The number of hydrogen-bond acceptors (Lipinski definition) is 4. The van der Waals surface area contributed by atoms with E-state index in [1.54, 1.807) is 0 Å². The molecule has 0 aliphatic heterocycles. The molecule has 0 aromatic carbocycles. The average Bonchev–Trinajstić information content (AvgIpc) is 2.79. The fourth-order valence-electron chi connectivity index (χ4n) is 2.96. The number of thiol groups is 1. The molecule has 1 unspecified atom stereocenters. The molecule has 2 N–H and O–H groups in total. The predicted octanol–water partition coefficient (Wildman–Crippen LogP) is 8.04. The summed E-state index contributed by atoms with van der Waals surface area (Å²) in [5.74, 6) is 0.821. The number of carboxylic acids is 2. The van der Waals surface area contributed by atoms with Crippen molar-refractivity contribution >= 4 is 36.3 Å². The molecule has 0 radical (unpaired) electrons. The number of unbranched alkanes of at least 4 members (excludes halogenated alkanes) is 2. The summed E-state index contributed by atoms with van der Waals surface area (Å²) in [6.45, 7) is 0. The zero-order valence-corrected chi connectivity index (χ0v) is 22.2. The normalized spacial score (nSPS) is 13.3. The standard InChI is InChI=1S/C28H44O4S2/c29-27(30)21-16-14-12-10-8-6-4-2-1-3-5-7-9-11-13-15-19-24-34-25-23-26(33)20-17-18-22-28(31)32/h1,3-4,6-7,9-10,12-13,15,26,33H,2,5,8,11,14,16-25H2,(H,29,30)(H,31,32)/b3-1-,6-4-,9-7-,12-10-,15-13-. The molecule has 34 heavy (non-hydrogen) atoms. The molecule has 0 fully saturated rings. The monoisotopic (exact) mass is 508 g/mol. The first-order valence-electron chi connectivity index (χ1n) is 12.5. The summed E-state index contributed by atoms with van der Waals surface area (Å²) >= 11 is 6.56. The van der Waals surface area contributed by atoms with Crippen LogP contribution in [0.25, 0.3) is 0 Å². The quantitative estimate of drug-likeness (QED) is 0.0740. The topological polar surface area (TPSA) is 74.6 Å². The lowest BCUT2D eigenvalue weighted by Gasteiger charge is -2.09. The van der Waals surface area contributed by atoms with E-state index in [1.165, 1.54) is 0 Å². The predicted molar refractivity (Wildman–Crippen MR) is 151 cm³/mol. The zero-order valence-electron chi connectivity index (χ0n) is 20.5. The maximum atomic E-state index is 10.5. The highest BCUT2D eigenvalue weighted by Gasteiger charge is 2.04. The van der Waals surface area contributed by atoms with Gasteiger partial charge in [-0.2, -0.15) is 24.4 Å². The van der Waals surface area contributed by atoms with Crippen LogP contribution in [-0.4, -0.2) is 38.9 Å². The second-order valence-electron chi connectivity index (χ2n) is 8.07. The Hall–Kier alpha value is -1.66. The number of carboxylic acid groups (broad SMARTS) is 2. The molecule has 192 valence electrons. The molecule has 1 atom stereocenters. The van der Waals surface area contributed by atoms with Gasteiger partial charge in [0.25, 0.3) is 0 Å². The lowest BCUT2D eigenvalue weighted by atomic mass is 10.1. The van der Waals surface area contributed by atoms with Gasteiger partial charge in [-0.15, -0.1) is 0 Å². The molecule has 0 saturated carbocycles. The second-order valence-corrected chi connectivity index (χ2v) is 10.0. The van der Waals surface area contributed by atoms with Crippen LogP contribution in [0.1, 0.15) is 83.5 Å². The molecule has 0 amide bonds. The van der Waals surface area contributed by atoms with Crippen LogP contribution in [0.15, 0.2) is 60.8 Å². The van der Waals surface area contributed by atoms with Crippen LogP contribution >= 0.6 is 24.4 Å². The molecular weight excluding hydrogens is 464 g/mol. The van der Waals surface area contributed by atoms with Crippen molar-refractivity contribution in [2.75, 3.05) is 11.5 Å². The van der Waals surface area contributed by atoms with E-state index in [0.717, 1.165) is 75.7 Å². The van der Waals surface area contributed by atoms with Crippen LogP contribution < -0.4 is 0 Å². The highest BCUT2D eigenvalue weighted by Crippen LogP contribution is 2.16. The Kier molecular flexibility index (Phi) is 24.7. The van der Waals surface area contributed by atoms with Gasteiger partial charge in [-0.05, 0) is 75.7 Å². The van der Waals surface area contributed by atoms with Crippen LogP contribution in [0.2, 0.25) is 0 Å². The second kappa shape index (κ2) is 26.0. The van der Waals surface area contributed by atoms with Crippen LogP contribution in [0.3, 0.4) is 0 Å². The number of hydrogen-bond donors (Lipinski definition) is 3. The molecule has 0 aromatic heterocycles. The van der Waals surface area contributed by atoms with E-state index in [4.69, 9.17) is 10.2 Å². The molecule has 0 spiro atoms. The highest BCUT2D eigenvalue weighted by molar-refractivity contribution is 7.99. The molecule has 6 heteroatoms. The van der Waals surface area contributed by atoms with Crippen LogP contribution in [0.5, 0.6) is 0 Å². The minimum Gasteiger partial charge on any atom is -0.481 e. The van der Waals surface area contributed by atoms with Crippen molar-refractivity contribution < 1.29 is 19.8 Å². The van der Waals surface area contributed by atoms with E-state index in [0.29, 0.717) is 11.7 Å². The number of allylic oxidation sites excluding steroid dienone is 10. The fourth-order valence-corrected chi connectivity index (χ4v) is 4.41. The molecule has 0 saturated heterocycles. The first kappa shape index (κ1) is 32.3. The SMILES string of the molecule is O=C(O)CCC/C=C\C/C=C\C/C=C\C/C=C\C/C=C\CCSCCC(S)CCCCC(=O)O. The Morgan fingerprint density at radius 2 is 1.09 bits per heavy atom. The number of rotatable bonds is 23. The summed E-state index contributed by atoms with van der Waals surface area (Å²) in [6.07, 6.45) is 32.4. The Bertz CT molecular complexity index is 651. The summed E-state index contributed by atoms with van der Waals surface area (Å²) < 4.78 is 0. The average molecular weight is 509 g/mol. The lowest BCUT2D eigenvalue weighted by Crippen LogP contribution is -2.02. The van der Waals surface area contributed by atoms with Crippen LogP contribution in [0.4, 0.5) is 0 Å². The van der Waals surface area contributed by atoms with Gasteiger partial charge in [0.2, 0.25) is 0 Å². The van der Waals surface area contributed by atoms with Crippen LogP contribution in [0, 0.1) is 0 Å². The van der Waals surface area contributed by atoms with E-state index in [1.807, 2.05) is 11.8 Å². The van der Waals surface area contributed by atoms with Gasteiger partial charge >= 0.3 is 11.9 Å². The molecule has 0 aliphatic rings. The first-order valence-corrected chi connectivity index (χ1v) is 14.1. The van der Waals surface area contributed by atoms with E-state index in [2.05, 4.69) is 73.4 Å². The summed E-state index contributed by atoms with van der Waals surface area (Å²) in [5.41, 5.74) is 0. The van der Waals surface area contributed by atoms with Gasteiger partial charge in [0.15, 0.2) is 0 Å². The summed E-state index contributed by atoms with van der Waals surface area (Å²) in [6, 6.07) is 0. The Labute approximate surface area is 216 Å². The molecule has 0 bridgehead atoms. The summed E-state index contributed by atoms with van der Waals surface area (Å²) in [7, 11) is 0. The van der Waals surface area contributed by atoms with Crippen LogP contribution in [-0.2, 0) is 9.59 Å². The lowest BCUT2D eigenvalue weighted by molar-refractivity contribution is -0.138. The molecule has 0 aliphatic carbocycles. The molecule has 0 rings (SSSR count). The van der Waals surface area contributed by atoms with Crippen molar-refractivity contribution in [1.82, 2.24) is 0 Å². The van der Waals surface area contributed by atoms with Crippen molar-refractivity contribution in [3.63, 3.8) is 0 Å². The van der Waals surface area contributed by atoms with E-state index < -0.39 is 11.9 Å². The van der Waals surface area contributed by atoms with Gasteiger partial charge in [0.1, 0.15) is 0 Å². The van der Waals surface area contributed by atoms with Gasteiger partial charge in [0, 0.05) is 18.1 Å². The van der Waals surface area contributed by atoms with E-state index in [9.17, 15) is 9.59 Å². The Balaban J connectivity index is 3.48. The van der Waals surface area contributed by atoms with Crippen molar-refractivity contribution in [3.8, 4) is 0 Å². The van der Waals surface area contributed by atoms with E-state index in [-0.39, 0.29) is 12.8 Å². The van der Waals surface area contributed by atoms with Gasteiger partial charge < -0.3 is 10.2 Å². The maximum absolute atomic E-state index is 10.5. The minimum absolute atomic E-state index is 0.244. The molecule has 4 nitrogen and oxygen atoms in total. The Morgan fingerprint density at radius 3 is 1.62 bits per heavy atom. The molecular formula is C28H44O4S2. The van der Waals surface area contributed by atoms with E-state index >= 15 is 0 Å². The van der Waals surface area contributed by atoms with Crippen molar-refractivity contribution in [2.24, 2.45) is 0 Å². The van der Waals surface area contributed by atoms with Gasteiger partial charge in [-0.25, -0.2) is 0 Å². The smallest absolute Gasteiger partial charge is 0.303 e. The highest BCUT2D eigenvalue weighted by atomic mass is 32.2. The number of carbonyl (C=O) groups is 2. The maximum Gasteiger partial charge on any atom is 0.303 e. The number of aliphatic carboxylic acids is 2. The first-order chi connectivity index (χ1) is 16.5. The molecule has 0 heterocycles. The van der Waals surface area contributed by atoms with Gasteiger partial charge in [0.05, 0.1) is 0 Å². The van der Waals surface area contributed by atoms with Gasteiger partial charge in [-0.3, -0.25) is 9.59 Å². The van der Waals surface area contributed by atoms with Crippen molar-refractivity contribution in [3.05, 3.63) is 60.8 Å². The summed E-state index contributed by atoms with van der Waals surface area (Å²) in [4.78, 5) is 20.9. The third-order valence-electron chi connectivity index (χ3n) is 4.89. The minimum atomic E-state index is -0.726. The zero-order chi connectivity index (χ0) is 25.1.